The predicted octanol–water partition coefficient (Wildman–Crippen LogP) is 6.31. The van der Waals surface area contributed by atoms with Crippen molar-refractivity contribution in [3.63, 3.8) is 0 Å². The molecule has 1 aliphatic heterocycles. The van der Waals surface area contributed by atoms with Crippen LogP contribution in [0.25, 0.3) is 10.8 Å². The van der Waals surface area contributed by atoms with Crippen LogP contribution in [0, 0.1) is 0 Å². The van der Waals surface area contributed by atoms with Crippen LogP contribution in [0.1, 0.15) is 29.0 Å². The molecular formula is C38H38N4O3. The number of rotatable bonds is 10. The molecular weight excluding hydrogens is 560 g/mol. The fourth-order valence-electron chi connectivity index (χ4n) is 5.89. The number of pyridine rings is 1. The number of nitrogens with one attached hydrogen (secondary N) is 1. The summed E-state index contributed by atoms with van der Waals surface area (Å²) in [6, 6.07) is 35.3. The van der Waals surface area contributed by atoms with Gasteiger partial charge in [-0.2, -0.15) is 0 Å². The van der Waals surface area contributed by atoms with Gasteiger partial charge in [-0.1, -0.05) is 78.9 Å². The van der Waals surface area contributed by atoms with E-state index < -0.39 is 5.92 Å². The molecule has 1 aromatic heterocycles. The van der Waals surface area contributed by atoms with E-state index in [2.05, 4.69) is 50.4 Å². The number of ether oxygens (including phenoxy) is 1. The summed E-state index contributed by atoms with van der Waals surface area (Å²) in [5.74, 6) is -0.330. The van der Waals surface area contributed by atoms with Crippen LogP contribution in [0.3, 0.4) is 0 Å². The van der Waals surface area contributed by atoms with Gasteiger partial charge in [0.15, 0.2) is 0 Å². The topological polar surface area (TPSA) is 74.8 Å². The van der Waals surface area contributed by atoms with Crippen molar-refractivity contribution in [2.24, 2.45) is 0 Å². The number of hydrogen-bond donors (Lipinski definition) is 1. The Kier molecular flexibility index (Phi) is 9.90. The lowest BCUT2D eigenvalue weighted by atomic mass is 9.96. The Balaban J connectivity index is 1.16. The largest absolute Gasteiger partial charge is 0.426 e. The van der Waals surface area contributed by atoms with E-state index in [9.17, 15) is 9.59 Å². The maximum Gasteiger partial charge on any atom is 0.315 e. The van der Waals surface area contributed by atoms with Crippen molar-refractivity contribution in [3.8, 4) is 5.75 Å². The van der Waals surface area contributed by atoms with Crippen molar-refractivity contribution in [2.45, 2.75) is 25.3 Å². The van der Waals surface area contributed by atoms with E-state index in [-0.39, 0.29) is 18.3 Å². The van der Waals surface area contributed by atoms with E-state index in [1.54, 1.807) is 18.3 Å². The first kappa shape index (κ1) is 30.2. The first-order valence-electron chi connectivity index (χ1n) is 15.6. The smallest absolute Gasteiger partial charge is 0.315 e. The van der Waals surface area contributed by atoms with Crippen LogP contribution >= 0.6 is 0 Å². The molecule has 1 amide bonds. The lowest BCUT2D eigenvalue weighted by molar-refractivity contribution is -0.133. The van der Waals surface area contributed by atoms with Gasteiger partial charge < -0.3 is 15.0 Å². The van der Waals surface area contributed by atoms with Crippen molar-refractivity contribution < 1.29 is 14.3 Å². The zero-order valence-electron chi connectivity index (χ0n) is 25.3. The second-order valence-electron chi connectivity index (χ2n) is 11.6. The highest BCUT2D eigenvalue weighted by Crippen LogP contribution is 2.25. The number of benzene rings is 4. The highest BCUT2D eigenvalue weighted by atomic mass is 16.5. The molecule has 5 aromatic rings. The molecule has 1 saturated heterocycles. The Morgan fingerprint density at radius 3 is 2.24 bits per heavy atom. The fourth-order valence-corrected chi connectivity index (χ4v) is 5.89. The van der Waals surface area contributed by atoms with Crippen molar-refractivity contribution in [1.29, 1.82) is 0 Å². The summed E-state index contributed by atoms with van der Waals surface area (Å²) in [5.41, 5.74) is 3.85. The average molecular weight is 599 g/mol. The molecule has 45 heavy (non-hydrogen) atoms. The predicted molar refractivity (Wildman–Crippen MR) is 178 cm³/mol. The molecule has 1 unspecified atom stereocenters. The molecule has 0 spiro atoms. The van der Waals surface area contributed by atoms with Gasteiger partial charge in [0, 0.05) is 49.6 Å². The van der Waals surface area contributed by atoms with Crippen LogP contribution in [-0.4, -0.2) is 59.4 Å². The number of hydrogen-bond acceptors (Lipinski definition) is 6. The van der Waals surface area contributed by atoms with Gasteiger partial charge in [0.05, 0.1) is 12.3 Å². The first-order valence-corrected chi connectivity index (χ1v) is 15.6. The van der Waals surface area contributed by atoms with Gasteiger partial charge in [-0.15, -0.1) is 0 Å². The molecule has 0 aliphatic carbocycles. The van der Waals surface area contributed by atoms with E-state index in [1.807, 2.05) is 72.9 Å². The van der Waals surface area contributed by atoms with E-state index in [4.69, 9.17) is 4.74 Å². The fraction of sp³-hybridized carbons (Fsp3) is 0.237. The summed E-state index contributed by atoms with van der Waals surface area (Å²) < 4.78 is 5.62. The SMILES string of the molecule is O=C(Cc1ccccc1)Oc1ccc(C(CN2CCCN(Cc3ccccc3)CC2)C(=O)Nc2ccc3cnccc3c2)cc1. The van der Waals surface area contributed by atoms with E-state index in [0.29, 0.717) is 12.3 Å². The first-order chi connectivity index (χ1) is 22.1. The molecule has 7 nitrogen and oxygen atoms in total. The Morgan fingerprint density at radius 1 is 0.756 bits per heavy atom. The molecule has 0 radical (unpaired) electrons. The van der Waals surface area contributed by atoms with Crippen molar-refractivity contribution >= 4 is 28.3 Å². The number of fused-ring (bicyclic) bond motifs is 1. The maximum atomic E-state index is 13.9. The Labute approximate surface area is 264 Å². The molecule has 0 bridgehead atoms. The van der Waals surface area contributed by atoms with Crippen LogP contribution in [0.4, 0.5) is 5.69 Å². The molecule has 2 heterocycles. The minimum atomic E-state index is -0.409. The Morgan fingerprint density at radius 2 is 1.47 bits per heavy atom. The van der Waals surface area contributed by atoms with Gasteiger partial charge in [0.25, 0.3) is 0 Å². The number of carbonyl (C=O) groups is 2. The lowest BCUT2D eigenvalue weighted by Crippen LogP contribution is -2.37. The second kappa shape index (κ2) is 14.8. The summed E-state index contributed by atoms with van der Waals surface area (Å²) in [5, 5.41) is 5.21. The van der Waals surface area contributed by atoms with Crippen molar-refractivity contribution in [1.82, 2.24) is 14.8 Å². The number of anilines is 1. The standard InChI is InChI=1S/C38H38N4O3/c43-37(24-29-8-3-1-4-9-29)45-35-16-13-31(14-17-35)36(38(44)40-34-15-12-33-26-39-19-18-32(33)25-34)28-42-21-7-20-41(22-23-42)27-30-10-5-2-6-11-30/h1-6,8-19,25-26,36H,7,20-24,27-28H2,(H,40,44). The summed E-state index contributed by atoms with van der Waals surface area (Å²) in [4.78, 5) is 35.6. The molecule has 0 saturated carbocycles. The van der Waals surface area contributed by atoms with Crippen LogP contribution in [0.5, 0.6) is 5.75 Å². The number of amides is 1. The molecule has 1 aliphatic rings. The van der Waals surface area contributed by atoms with E-state index >= 15 is 0 Å². The van der Waals surface area contributed by atoms with Crippen LogP contribution < -0.4 is 10.1 Å². The number of nitrogens with zero attached hydrogens (tertiary/aromatic N) is 3. The van der Waals surface area contributed by atoms with Crippen LogP contribution in [0.15, 0.2) is 122 Å². The monoisotopic (exact) mass is 598 g/mol. The summed E-state index contributed by atoms with van der Waals surface area (Å²) in [6.07, 6.45) is 4.81. The number of carbonyl (C=O) groups excluding carboxylic acids is 2. The summed E-state index contributed by atoms with van der Waals surface area (Å²) in [6.45, 7) is 5.30. The van der Waals surface area contributed by atoms with Crippen LogP contribution in [-0.2, 0) is 22.6 Å². The Bertz CT molecular complexity index is 1710. The molecule has 6 rings (SSSR count). The van der Waals surface area contributed by atoms with Gasteiger partial charge in [-0.25, -0.2) is 0 Å². The van der Waals surface area contributed by atoms with Crippen molar-refractivity contribution in [3.05, 3.63) is 138 Å². The highest BCUT2D eigenvalue weighted by Gasteiger charge is 2.26. The number of aromatic nitrogens is 1. The minimum absolute atomic E-state index is 0.0670. The molecule has 1 N–H and O–H groups in total. The van der Waals surface area contributed by atoms with Crippen LogP contribution in [0.2, 0.25) is 0 Å². The van der Waals surface area contributed by atoms with Gasteiger partial charge in [-0.05, 0) is 71.9 Å². The molecule has 1 atom stereocenters. The third-order valence-electron chi connectivity index (χ3n) is 8.30. The van der Waals surface area contributed by atoms with Gasteiger partial charge in [0.1, 0.15) is 5.75 Å². The molecule has 7 heteroatoms. The van der Waals surface area contributed by atoms with Gasteiger partial charge >= 0.3 is 5.97 Å². The average Bonchev–Trinajstić information content (AvgIpc) is 3.29. The minimum Gasteiger partial charge on any atom is -0.426 e. The molecule has 228 valence electrons. The maximum absolute atomic E-state index is 13.9. The summed E-state index contributed by atoms with van der Waals surface area (Å²) >= 11 is 0. The zero-order valence-corrected chi connectivity index (χ0v) is 25.3. The van der Waals surface area contributed by atoms with E-state index in [0.717, 1.165) is 66.7 Å². The highest BCUT2D eigenvalue weighted by molar-refractivity contribution is 5.98. The zero-order chi connectivity index (χ0) is 30.8. The normalized spacial score (nSPS) is 14.8. The third kappa shape index (κ3) is 8.41. The number of esters is 1. The lowest BCUT2D eigenvalue weighted by Gasteiger charge is -2.26. The third-order valence-corrected chi connectivity index (χ3v) is 8.30. The van der Waals surface area contributed by atoms with Gasteiger partial charge in [-0.3, -0.25) is 19.5 Å². The summed E-state index contributed by atoms with van der Waals surface area (Å²) in [7, 11) is 0. The quantitative estimate of drug-likeness (QED) is 0.150. The molecule has 1 fully saturated rings. The Hall–Kier alpha value is -4.85. The van der Waals surface area contributed by atoms with E-state index in [1.165, 1.54) is 5.56 Å². The van der Waals surface area contributed by atoms with Crippen molar-refractivity contribution in [2.75, 3.05) is 38.0 Å². The van der Waals surface area contributed by atoms with Gasteiger partial charge in [0.2, 0.25) is 5.91 Å². The second-order valence-corrected chi connectivity index (χ2v) is 11.6. The molecule has 4 aromatic carbocycles.